The van der Waals surface area contributed by atoms with E-state index in [4.69, 9.17) is 0 Å². The number of carbonyl (C=O) groups is 1. The van der Waals surface area contributed by atoms with Gasteiger partial charge in [-0.3, -0.25) is 9.78 Å². The monoisotopic (exact) mass is 320 g/mol. The first kappa shape index (κ1) is 13.5. The lowest BCUT2D eigenvalue weighted by Gasteiger charge is -2.14. The largest absolute Gasteiger partial charge is 0.507 e. The van der Waals surface area contributed by atoms with Crippen molar-refractivity contribution < 1.29 is 9.90 Å². The Kier molecular flexibility index (Phi) is 4.16. The van der Waals surface area contributed by atoms with Crippen molar-refractivity contribution >= 4 is 21.8 Å². The third-order valence-electron chi connectivity index (χ3n) is 2.76. The summed E-state index contributed by atoms with van der Waals surface area (Å²) in [5.41, 5.74) is 1.20. The van der Waals surface area contributed by atoms with Crippen LogP contribution in [0.25, 0.3) is 0 Å². The first-order valence-corrected chi connectivity index (χ1v) is 6.56. The molecule has 0 aliphatic rings. The Morgan fingerprint density at radius 1 is 1.32 bits per heavy atom. The molecule has 0 saturated heterocycles. The van der Waals surface area contributed by atoms with Crippen molar-refractivity contribution in [3.63, 3.8) is 0 Å². The van der Waals surface area contributed by atoms with Crippen molar-refractivity contribution in [1.82, 2.24) is 10.3 Å². The van der Waals surface area contributed by atoms with Crippen LogP contribution in [0.3, 0.4) is 0 Å². The second-order valence-corrected chi connectivity index (χ2v) is 5.05. The summed E-state index contributed by atoms with van der Waals surface area (Å²) in [5, 5.41) is 12.5. The molecule has 1 aromatic carbocycles. The number of halogens is 1. The van der Waals surface area contributed by atoms with E-state index in [9.17, 15) is 9.90 Å². The molecule has 1 amide bonds. The number of hydrogen-bond donors (Lipinski definition) is 2. The summed E-state index contributed by atoms with van der Waals surface area (Å²) in [5.74, 6) is -0.356. The van der Waals surface area contributed by atoms with Gasteiger partial charge in [-0.15, -0.1) is 0 Å². The molecule has 0 unspecified atom stereocenters. The van der Waals surface area contributed by atoms with Crippen molar-refractivity contribution in [3.8, 4) is 5.75 Å². The minimum absolute atomic E-state index is 0.0392. The number of phenols is 1. The van der Waals surface area contributed by atoms with Crippen LogP contribution in [0, 0.1) is 0 Å². The molecule has 5 heteroatoms. The number of benzene rings is 1. The van der Waals surface area contributed by atoms with Crippen molar-refractivity contribution in [2.24, 2.45) is 0 Å². The lowest BCUT2D eigenvalue weighted by molar-refractivity contribution is 0.0937. The molecular formula is C14H13BrN2O2. The normalized spacial score (nSPS) is 11.9. The molecule has 2 N–H and O–H groups in total. The van der Waals surface area contributed by atoms with Crippen LogP contribution >= 0.6 is 15.9 Å². The standard InChI is InChI=1S/C14H13BrN2O2/c1-9(10-4-6-16-7-5-10)17-14(19)12-8-11(15)2-3-13(12)18/h2-9,18H,1H3,(H,17,19)/t9-/m0/s1. The topological polar surface area (TPSA) is 62.2 Å². The summed E-state index contributed by atoms with van der Waals surface area (Å²) < 4.78 is 0.743. The highest BCUT2D eigenvalue weighted by atomic mass is 79.9. The number of aromatic nitrogens is 1. The number of amides is 1. The van der Waals surface area contributed by atoms with E-state index in [2.05, 4.69) is 26.2 Å². The van der Waals surface area contributed by atoms with Crippen molar-refractivity contribution in [2.75, 3.05) is 0 Å². The molecule has 0 fully saturated rings. The molecule has 0 bridgehead atoms. The van der Waals surface area contributed by atoms with E-state index in [-0.39, 0.29) is 23.3 Å². The lowest BCUT2D eigenvalue weighted by atomic mass is 10.1. The van der Waals surface area contributed by atoms with E-state index >= 15 is 0 Å². The first-order valence-electron chi connectivity index (χ1n) is 5.77. The first-order chi connectivity index (χ1) is 9.08. The fourth-order valence-corrected chi connectivity index (χ4v) is 2.06. The van der Waals surface area contributed by atoms with Gasteiger partial charge >= 0.3 is 0 Å². The third kappa shape index (κ3) is 3.32. The number of nitrogens with one attached hydrogen (secondary N) is 1. The summed E-state index contributed by atoms with van der Waals surface area (Å²) in [4.78, 5) is 16.0. The minimum Gasteiger partial charge on any atom is -0.507 e. The maximum absolute atomic E-state index is 12.1. The van der Waals surface area contributed by atoms with Gasteiger partial charge in [-0.25, -0.2) is 0 Å². The van der Waals surface area contributed by atoms with Gasteiger partial charge in [0.15, 0.2) is 0 Å². The molecule has 2 rings (SSSR count). The van der Waals surface area contributed by atoms with E-state index in [1.54, 1.807) is 24.5 Å². The van der Waals surface area contributed by atoms with Gasteiger partial charge in [0.1, 0.15) is 5.75 Å². The van der Waals surface area contributed by atoms with Gasteiger partial charge in [0, 0.05) is 16.9 Å². The van der Waals surface area contributed by atoms with Gasteiger partial charge < -0.3 is 10.4 Å². The maximum Gasteiger partial charge on any atom is 0.255 e. The van der Waals surface area contributed by atoms with E-state index in [0.717, 1.165) is 10.0 Å². The highest BCUT2D eigenvalue weighted by molar-refractivity contribution is 9.10. The molecule has 2 aromatic rings. The summed E-state index contributed by atoms with van der Waals surface area (Å²) >= 11 is 3.28. The molecular weight excluding hydrogens is 308 g/mol. The Balaban J connectivity index is 2.15. The summed E-state index contributed by atoms with van der Waals surface area (Å²) in [7, 11) is 0. The van der Waals surface area contributed by atoms with Gasteiger partial charge in [0.2, 0.25) is 0 Å². The molecule has 98 valence electrons. The molecule has 1 heterocycles. The van der Waals surface area contributed by atoms with Crippen LogP contribution in [0.15, 0.2) is 47.2 Å². The number of carbonyl (C=O) groups excluding carboxylic acids is 1. The SMILES string of the molecule is C[C@H](NC(=O)c1cc(Br)ccc1O)c1ccncc1. The van der Waals surface area contributed by atoms with Crippen LogP contribution in [0.1, 0.15) is 28.9 Å². The van der Waals surface area contributed by atoms with E-state index in [1.807, 2.05) is 19.1 Å². The predicted octanol–water partition coefficient (Wildman–Crippen LogP) is 3.04. The third-order valence-corrected chi connectivity index (χ3v) is 3.25. The van der Waals surface area contributed by atoms with E-state index in [1.165, 1.54) is 6.07 Å². The average molecular weight is 321 g/mol. The maximum atomic E-state index is 12.1. The summed E-state index contributed by atoms with van der Waals surface area (Å²) in [6.07, 6.45) is 3.35. The van der Waals surface area contributed by atoms with Crippen LogP contribution in [-0.4, -0.2) is 16.0 Å². The molecule has 1 atom stereocenters. The molecule has 1 aromatic heterocycles. The number of aromatic hydroxyl groups is 1. The van der Waals surface area contributed by atoms with Gasteiger partial charge in [0.25, 0.3) is 5.91 Å². The number of pyridine rings is 1. The predicted molar refractivity (Wildman–Crippen MR) is 75.9 cm³/mol. The highest BCUT2D eigenvalue weighted by Gasteiger charge is 2.15. The van der Waals surface area contributed by atoms with Crippen LogP contribution in [0.5, 0.6) is 5.75 Å². The quantitative estimate of drug-likeness (QED) is 0.913. The number of nitrogens with zero attached hydrogens (tertiary/aromatic N) is 1. The average Bonchev–Trinajstić information content (AvgIpc) is 2.42. The Morgan fingerprint density at radius 2 is 2.00 bits per heavy atom. The Bertz CT molecular complexity index is 587. The Morgan fingerprint density at radius 3 is 2.68 bits per heavy atom. The van der Waals surface area contributed by atoms with Crippen molar-refractivity contribution in [2.45, 2.75) is 13.0 Å². The van der Waals surface area contributed by atoms with Crippen LogP contribution in [0.2, 0.25) is 0 Å². The Hall–Kier alpha value is -1.88. The highest BCUT2D eigenvalue weighted by Crippen LogP contribution is 2.22. The van der Waals surface area contributed by atoms with Crippen molar-refractivity contribution in [1.29, 1.82) is 0 Å². The van der Waals surface area contributed by atoms with E-state index in [0.29, 0.717) is 0 Å². The molecule has 0 spiro atoms. The van der Waals surface area contributed by atoms with E-state index < -0.39 is 0 Å². The molecule has 19 heavy (non-hydrogen) atoms. The smallest absolute Gasteiger partial charge is 0.255 e. The van der Waals surface area contributed by atoms with Crippen LogP contribution in [0.4, 0.5) is 0 Å². The summed E-state index contributed by atoms with van der Waals surface area (Å²) in [6.45, 7) is 1.88. The van der Waals surface area contributed by atoms with Crippen LogP contribution in [-0.2, 0) is 0 Å². The molecule has 0 saturated carbocycles. The Labute approximate surface area is 119 Å². The van der Waals surface area contributed by atoms with Gasteiger partial charge in [-0.05, 0) is 42.8 Å². The number of hydrogen-bond acceptors (Lipinski definition) is 3. The zero-order valence-electron chi connectivity index (χ0n) is 10.3. The van der Waals surface area contributed by atoms with Gasteiger partial charge in [-0.1, -0.05) is 15.9 Å². The second-order valence-electron chi connectivity index (χ2n) is 4.14. The fourth-order valence-electron chi connectivity index (χ4n) is 1.70. The lowest BCUT2D eigenvalue weighted by Crippen LogP contribution is -2.26. The van der Waals surface area contributed by atoms with Gasteiger partial charge in [0.05, 0.1) is 11.6 Å². The van der Waals surface area contributed by atoms with Crippen LogP contribution < -0.4 is 5.32 Å². The van der Waals surface area contributed by atoms with Gasteiger partial charge in [-0.2, -0.15) is 0 Å². The zero-order chi connectivity index (χ0) is 13.8. The second kappa shape index (κ2) is 5.84. The minimum atomic E-state index is -0.317. The van der Waals surface area contributed by atoms with Crippen molar-refractivity contribution in [3.05, 3.63) is 58.3 Å². The molecule has 0 radical (unpaired) electrons. The number of rotatable bonds is 3. The fraction of sp³-hybridized carbons (Fsp3) is 0.143. The molecule has 0 aliphatic heterocycles. The zero-order valence-corrected chi connectivity index (χ0v) is 11.9. The number of phenolic OH excluding ortho intramolecular Hbond substituents is 1. The molecule has 0 aliphatic carbocycles. The summed E-state index contributed by atoms with van der Waals surface area (Å²) in [6, 6.07) is 8.27. The molecule has 4 nitrogen and oxygen atoms in total.